The van der Waals surface area contributed by atoms with E-state index in [2.05, 4.69) is 16.7 Å². The first kappa shape index (κ1) is 10.2. The van der Waals surface area contributed by atoms with Gasteiger partial charge < -0.3 is 16.4 Å². The van der Waals surface area contributed by atoms with Gasteiger partial charge in [-0.1, -0.05) is 6.07 Å². The maximum Gasteiger partial charge on any atom is 0.0406 e. The molecule has 2 rings (SSSR count). The van der Waals surface area contributed by atoms with Gasteiger partial charge in [-0.25, -0.2) is 0 Å². The summed E-state index contributed by atoms with van der Waals surface area (Å²) in [5.41, 5.74) is 8.95. The number of benzene rings is 1. The van der Waals surface area contributed by atoms with Crippen molar-refractivity contribution < 1.29 is 0 Å². The molecule has 0 bridgehead atoms. The Labute approximate surface area is 84.1 Å². The number of fused-ring (bicyclic) bond motifs is 1. The van der Waals surface area contributed by atoms with E-state index < -0.39 is 0 Å². The SMILES string of the molecule is Cl.Nc1ccc2c(c1)NCCNC2. The summed E-state index contributed by atoms with van der Waals surface area (Å²) in [5, 5.41) is 6.64. The van der Waals surface area contributed by atoms with E-state index in [1.165, 1.54) is 11.3 Å². The largest absolute Gasteiger partial charge is 0.399 e. The molecule has 13 heavy (non-hydrogen) atoms. The molecular formula is C9H14ClN3. The monoisotopic (exact) mass is 199 g/mol. The van der Waals surface area contributed by atoms with Crippen LogP contribution < -0.4 is 16.4 Å². The van der Waals surface area contributed by atoms with E-state index in [0.717, 1.165) is 25.3 Å². The molecule has 0 atom stereocenters. The minimum absolute atomic E-state index is 0. The fraction of sp³-hybridized carbons (Fsp3) is 0.333. The lowest BCUT2D eigenvalue weighted by Crippen LogP contribution is -2.16. The average Bonchev–Trinajstić information content (AvgIpc) is 2.28. The lowest BCUT2D eigenvalue weighted by Gasteiger charge is -2.06. The zero-order valence-corrected chi connectivity index (χ0v) is 8.16. The maximum absolute atomic E-state index is 5.67. The van der Waals surface area contributed by atoms with E-state index in [9.17, 15) is 0 Å². The highest BCUT2D eigenvalue weighted by molar-refractivity contribution is 5.85. The van der Waals surface area contributed by atoms with Crippen LogP contribution in [0.3, 0.4) is 0 Å². The number of nitrogen functional groups attached to an aromatic ring is 1. The topological polar surface area (TPSA) is 50.1 Å². The van der Waals surface area contributed by atoms with E-state index in [4.69, 9.17) is 5.73 Å². The second-order valence-corrected chi connectivity index (χ2v) is 3.02. The Hall–Kier alpha value is -0.930. The summed E-state index contributed by atoms with van der Waals surface area (Å²) in [6, 6.07) is 5.99. The van der Waals surface area contributed by atoms with Crippen molar-refractivity contribution >= 4 is 23.8 Å². The van der Waals surface area contributed by atoms with Gasteiger partial charge in [0.1, 0.15) is 0 Å². The Morgan fingerprint density at radius 2 is 2.08 bits per heavy atom. The van der Waals surface area contributed by atoms with Gasteiger partial charge in [0.15, 0.2) is 0 Å². The van der Waals surface area contributed by atoms with Gasteiger partial charge in [0, 0.05) is 31.0 Å². The molecule has 0 aliphatic carbocycles. The van der Waals surface area contributed by atoms with Crippen molar-refractivity contribution in [1.29, 1.82) is 0 Å². The van der Waals surface area contributed by atoms with Crippen LogP contribution in [0.1, 0.15) is 5.56 Å². The summed E-state index contributed by atoms with van der Waals surface area (Å²) in [6.45, 7) is 2.91. The van der Waals surface area contributed by atoms with Gasteiger partial charge in [-0.05, 0) is 17.7 Å². The number of rotatable bonds is 0. The predicted octanol–water partition coefficient (Wildman–Crippen LogP) is 1.21. The van der Waals surface area contributed by atoms with Crippen LogP contribution in [0.5, 0.6) is 0 Å². The Balaban J connectivity index is 0.000000845. The lowest BCUT2D eigenvalue weighted by molar-refractivity contribution is 0.725. The van der Waals surface area contributed by atoms with Crippen molar-refractivity contribution in [3.05, 3.63) is 23.8 Å². The van der Waals surface area contributed by atoms with Crippen molar-refractivity contribution in [3.8, 4) is 0 Å². The van der Waals surface area contributed by atoms with Gasteiger partial charge in [-0.2, -0.15) is 0 Å². The molecule has 0 fully saturated rings. The van der Waals surface area contributed by atoms with Crippen LogP contribution in [-0.2, 0) is 6.54 Å². The summed E-state index contributed by atoms with van der Waals surface area (Å²) >= 11 is 0. The molecule has 0 spiro atoms. The highest BCUT2D eigenvalue weighted by Crippen LogP contribution is 2.19. The maximum atomic E-state index is 5.67. The molecule has 1 heterocycles. The summed E-state index contributed by atoms with van der Waals surface area (Å²) in [6.07, 6.45) is 0. The quantitative estimate of drug-likeness (QED) is 0.551. The van der Waals surface area contributed by atoms with E-state index in [1.54, 1.807) is 0 Å². The molecule has 4 heteroatoms. The first-order chi connectivity index (χ1) is 5.86. The van der Waals surface area contributed by atoms with Gasteiger partial charge >= 0.3 is 0 Å². The van der Waals surface area contributed by atoms with Crippen molar-refractivity contribution in [2.75, 3.05) is 24.1 Å². The molecule has 1 aromatic rings. The second kappa shape index (κ2) is 4.35. The van der Waals surface area contributed by atoms with Crippen LogP contribution >= 0.6 is 12.4 Å². The van der Waals surface area contributed by atoms with E-state index in [0.29, 0.717) is 0 Å². The standard InChI is InChI=1S/C9H13N3.ClH/c10-8-2-1-7-6-11-3-4-12-9(7)5-8;/h1-2,5,11-12H,3-4,6,10H2;1H. The van der Waals surface area contributed by atoms with Crippen LogP contribution in [0.25, 0.3) is 0 Å². The fourth-order valence-electron chi connectivity index (χ4n) is 1.42. The van der Waals surface area contributed by atoms with Crippen LogP contribution in [0.15, 0.2) is 18.2 Å². The summed E-state index contributed by atoms with van der Waals surface area (Å²) < 4.78 is 0. The number of hydrogen-bond acceptors (Lipinski definition) is 3. The predicted molar refractivity (Wildman–Crippen MR) is 58.3 cm³/mol. The molecule has 0 saturated heterocycles. The molecule has 0 unspecified atom stereocenters. The Morgan fingerprint density at radius 1 is 1.23 bits per heavy atom. The summed E-state index contributed by atoms with van der Waals surface area (Å²) in [5.74, 6) is 0. The smallest absolute Gasteiger partial charge is 0.0406 e. The van der Waals surface area contributed by atoms with E-state index >= 15 is 0 Å². The molecular weight excluding hydrogens is 186 g/mol. The third-order valence-electron chi connectivity index (χ3n) is 2.07. The molecule has 4 N–H and O–H groups in total. The zero-order valence-electron chi connectivity index (χ0n) is 7.34. The molecule has 0 aromatic heterocycles. The van der Waals surface area contributed by atoms with Crippen molar-refractivity contribution in [2.24, 2.45) is 0 Å². The van der Waals surface area contributed by atoms with Gasteiger partial charge in [0.05, 0.1) is 0 Å². The third-order valence-corrected chi connectivity index (χ3v) is 2.07. The Bertz CT molecular complexity index is 288. The zero-order chi connectivity index (χ0) is 8.39. The highest BCUT2D eigenvalue weighted by Gasteiger charge is 2.05. The number of nitrogens with two attached hydrogens (primary N) is 1. The molecule has 1 aliphatic heterocycles. The second-order valence-electron chi connectivity index (χ2n) is 3.02. The third kappa shape index (κ3) is 2.26. The van der Waals surface area contributed by atoms with Gasteiger partial charge in [-0.15, -0.1) is 12.4 Å². The van der Waals surface area contributed by atoms with Crippen LogP contribution in [0.4, 0.5) is 11.4 Å². The number of anilines is 2. The highest BCUT2D eigenvalue weighted by atomic mass is 35.5. The fourth-order valence-corrected chi connectivity index (χ4v) is 1.42. The lowest BCUT2D eigenvalue weighted by atomic mass is 10.1. The Kier molecular flexibility index (Phi) is 3.39. The molecule has 72 valence electrons. The van der Waals surface area contributed by atoms with Crippen LogP contribution in [-0.4, -0.2) is 13.1 Å². The van der Waals surface area contributed by atoms with E-state index in [1.807, 2.05) is 12.1 Å². The molecule has 1 aliphatic rings. The first-order valence-corrected chi connectivity index (χ1v) is 4.19. The van der Waals surface area contributed by atoms with Crippen molar-refractivity contribution in [1.82, 2.24) is 5.32 Å². The number of hydrogen-bond donors (Lipinski definition) is 3. The Morgan fingerprint density at radius 3 is 2.92 bits per heavy atom. The first-order valence-electron chi connectivity index (χ1n) is 4.19. The molecule has 3 nitrogen and oxygen atoms in total. The van der Waals surface area contributed by atoms with Gasteiger partial charge in [0.2, 0.25) is 0 Å². The van der Waals surface area contributed by atoms with Crippen LogP contribution in [0, 0.1) is 0 Å². The summed E-state index contributed by atoms with van der Waals surface area (Å²) in [4.78, 5) is 0. The van der Waals surface area contributed by atoms with Gasteiger partial charge in [0.25, 0.3) is 0 Å². The number of halogens is 1. The minimum Gasteiger partial charge on any atom is -0.399 e. The van der Waals surface area contributed by atoms with Gasteiger partial charge in [-0.3, -0.25) is 0 Å². The number of nitrogens with one attached hydrogen (secondary N) is 2. The minimum atomic E-state index is 0. The normalized spacial score (nSPS) is 14.8. The van der Waals surface area contributed by atoms with Crippen molar-refractivity contribution in [2.45, 2.75) is 6.54 Å². The average molecular weight is 200 g/mol. The molecule has 0 amide bonds. The molecule has 1 aromatic carbocycles. The van der Waals surface area contributed by atoms with Crippen molar-refractivity contribution in [3.63, 3.8) is 0 Å². The van der Waals surface area contributed by atoms with E-state index in [-0.39, 0.29) is 12.4 Å². The summed E-state index contributed by atoms with van der Waals surface area (Å²) in [7, 11) is 0. The molecule has 0 saturated carbocycles. The molecule has 0 radical (unpaired) electrons. The van der Waals surface area contributed by atoms with Crippen LogP contribution in [0.2, 0.25) is 0 Å².